The van der Waals surface area contributed by atoms with Crippen LogP contribution in [0.3, 0.4) is 0 Å². The lowest BCUT2D eigenvalue weighted by Crippen LogP contribution is -2.40. The largest absolute Gasteiger partial charge is 0.370 e. The number of fused-ring (bicyclic) bond motifs is 1. The van der Waals surface area contributed by atoms with Gasteiger partial charge in [-0.05, 0) is 49.4 Å². The molecule has 2 fully saturated rings. The molecule has 24 heavy (non-hydrogen) atoms. The molecule has 0 bridgehead atoms. The highest BCUT2D eigenvalue weighted by atomic mass is 16.2. The summed E-state index contributed by atoms with van der Waals surface area (Å²) < 4.78 is 0. The van der Waals surface area contributed by atoms with Gasteiger partial charge in [0.05, 0.1) is 11.9 Å². The zero-order chi connectivity index (χ0) is 16.5. The van der Waals surface area contributed by atoms with Crippen LogP contribution in [0.5, 0.6) is 0 Å². The molecule has 4 heteroatoms. The highest BCUT2D eigenvalue weighted by Gasteiger charge is 2.39. The Balaban J connectivity index is 1.45. The predicted octanol–water partition coefficient (Wildman–Crippen LogP) is 2.99. The Morgan fingerprint density at radius 3 is 2.79 bits per heavy atom. The molecular weight excluding hydrogens is 298 g/mol. The minimum atomic E-state index is 0.182. The third-order valence-corrected chi connectivity index (χ3v) is 5.36. The van der Waals surface area contributed by atoms with Gasteiger partial charge in [0.25, 0.3) is 5.91 Å². The molecule has 0 unspecified atom stereocenters. The summed E-state index contributed by atoms with van der Waals surface area (Å²) >= 11 is 0. The lowest BCUT2D eigenvalue weighted by atomic mass is 9.88. The van der Waals surface area contributed by atoms with Crippen LogP contribution >= 0.6 is 0 Å². The smallest absolute Gasteiger partial charge is 0.253 e. The molecule has 2 aliphatic rings. The molecule has 0 N–H and O–H groups in total. The second-order valence-electron chi connectivity index (χ2n) is 7.05. The van der Waals surface area contributed by atoms with Gasteiger partial charge in [0.2, 0.25) is 0 Å². The maximum Gasteiger partial charge on any atom is 0.253 e. The van der Waals surface area contributed by atoms with Gasteiger partial charge < -0.3 is 9.80 Å². The zero-order valence-electron chi connectivity index (χ0n) is 14.1. The van der Waals surface area contributed by atoms with Crippen LogP contribution in [0.4, 0.5) is 5.69 Å². The van der Waals surface area contributed by atoms with Crippen molar-refractivity contribution in [3.63, 3.8) is 0 Å². The molecule has 1 aromatic carbocycles. The van der Waals surface area contributed by atoms with Crippen molar-refractivity contribution in [1.29, 1.82) is 0 Å². The topological polar surface area (TPSA) is 36.4 Å². The first-order chi connectivity index (χ1) is 11.7. The number of benzene rings is 1. The Bertz CT molecular complexity index is 731. The molecule has 4 nitrogen and oxygen atoms in total. The van der Waals surface area contributed by atoms with Crippen LogP contribution in [0, 0.1) is 18.8 Å². The number of nitrogens with zero attached hydrogens (tertiary/aromatic N) is 3. The predicted molar refractivity (Wildman–Crippen MR) is 95.1 cm³/mol. The molecule has 2 aromatic rings. The average Bonchev–Trinajstić information content (AvgIpc) is 3.05. The minimum absolute atomic E-state index is 0.182. The zero-order valence-corrected chi connectivity index (χ0v) is 14.1. The SMILES string of the molecule is Cc1cccc(C(=O)N2C[C@@H]3CCN(c4cccnc4)C[C@@H]3C2)c1. The summed E-state index contributed by atoms with van der Waals surface area (Å²) in [7, 11) is 0. The van der Waals surface area contributed by atoms with Crippen molar-refractivity contribution in [3.8, 4) is 0 Å². The Labute approximate surface area is 143 Å². The van der Waals surface area contributed by atoms with E-state index in [4.69, 9.17) is 0 Å². The van der Waals surface area contributed by atoms with Gasteiger partial charge in [-0.3, -0.25) is 9.78 Å². The molecule has 0 saturated carbocycles. The third-order valence-electron chi connectivity index (χ3n) is 5.36. The number of rotatable bonds is 2. The summed E-state index contributed by atoms with van der Waals surface area (Å²) in [6.45, 7) is 5.88. The van der Waals surface area contributed by atoms with E-state index in [0.29, 0.717) is 11.8 Å². The van der Waals surface area contributed by atoms with E-state index < -0.39 is 0 Å². The fourth-order valence-corrected chi connectivity index (χ4v) is 4.07. The quantitative estimate of drug-likeness (QED) is 0.853. The summed E-state index contributed by atoms with van der Waals surface area (Å²) in [5.41, 5.74) is 3.15. The molecule has 0 radical (unpaired) electrons. The van der Waals surface area contributed by atoms with Gasteiger partial charge in [-0.2, -0.15) is 0 Å². The molecule has 2 saturated heterocycles. The molecular formula is C20H23N3O. The molecule has 2 aliphatic heterocycles. The number of aromatic nitrogens is 1. The maximum absolute atomic E-state index is 12.8. The normalized spacial score (nSPS) is 23.2. The van der Waals surface area contributed by atoms with Crippen molar-refractivity contribution in [2.24, 2.45) is 11.8 Å². The van der Waals surface area contributed by atoms with Gasteiger partial charge in [-0.25, -0.2) is 0 Å². The van der Waals surface area contributed by atoms with Crippen molar-refractivity contribution in [2.45, 2.75) is 13.3 Å². The minimum Gasteiger partial charge on any atom is -0.370 e. The molecule has 4 rings (SSSR count). The summed E-state index contributed by atoms with van der Waals surface area (Å²) in [6.07, 6.45) is 4.90. The molecule has 0 spiro atoms. The maximum atomic E-state index is 12.8. The second kappa shape index (κ2) is 6.27. The summed E-state index contributed by atoms with van der Waals surface area (Å²) in [4.78, 5) is 21.5. The van der Waals surface area contributed by atoms with Crippen molar-refractivity contribution in [1.82, 2.24) is 9.88 Å². The Hall–Kier alpha value is -2.36. The number of amides is 1. The summed E-state index contributed by atoms with van der Waals surface area (Å²) in [5.74, 6) is 1.38. The molecule has 0 aliphatic carbocycles. The van der Waals surface area contributed by atoms with Gasteiger partial charge in [0.15, 0.2) is 0 Å². The Morgan fingerprint density at radius 2 is 2.00 bits per heavy atom. The third kappa shape index (κ3) is 2.88. The summed E-state index contributed by atoms with van der Waals surface area (Å²) in [5, 5.41) is 0. The van der Waals surface area contributed by atoms with Gasteiger partial charge in [0, 0.05) is 37.9 Å². The van der Waals surface area contributed by atoms with Gasteiger partial charge >= 0.3 is 0 Å². The first-order valence-corrected chi connectivity index (χ1v) is 8.71. The number of likely N-dealkylation sites (tertiary alicyclic amines) is 1. The average molecular weight is 321 g/mol. The van der Waals surface area contributed by atoms with Crippen LogP contribution in [0.2, 0.25) is 0 Å². The number of carbonyl (C=O) groups excluding carboxylic acids is 1. The fourth-order valence-electron chi connectivity index (χ4n) is 4.07. The Kier molecular flexibility index (Phi) is 3.97. The molecule has 3 heterocycles. The molecule has 1 aromatic heterocycles. The van der Waals surface area contributed by atoms with Crippen LogP contribution in [-0.2, 0) is 0 Å². The molecule has 2 atom stereocenters. The van der Waals surface area contributed by atoms with Crippen LogP contribution in [-0.4, -0.2) is 42.0 Å². The van der Waals surface area contributed by atoms with Gasteiger partial charge in [-0.1, -0.05) is 17.7 Å². The van der Waals surface area contributed by atoms with E-state index in [1.165, 1.54) is 5.69 Å². The number of piperidine rings is 1. The molecule has 1 amide bonds. The molecule has 124 valence electrons. The Morgan fingerprint density at radius 1 is 1.12 bits per heavy atom. The number of anilines is 1. The number of hydrogen-bond acceptors (Lipinski definition) is 3. The van der Waals surface area contributed by atoms with Gasteiger partial charge in [0.1, 0.15) is 0 Å². The number of carbonyl (C=O) groups is 1. The van der Waals surface area contributed by atoms with E-state index in [-0.39, 0.29) is 5.91 Å². The van der Waals surface area contributed by atoms with Crippen molar-refractivity contribution in [2.75, 3.05) is 31.1 Å². The monoisotopic (exact) mass is 321 g/mol. The lowest BCUT2D eigenvalue weighted by molar-refractivity contribution is 0.0784. The highest BCUT2D eigenvalue weighted by molar-refractivity contribution is 5.94. The number of pyridine rings is 1. The van der Waals surface area contributed by atoms with Crippen molar-refractivity contribution < 1.29 is 4.79 Å². The van der Waals surface area contributed by atoms with E-state index in [2.05, 4.69) is 20.9 Å². The van der Waals surface area contributed by atoms with Gasteiger partial charge in [-0.15, -0.1) is 0 Å². The van der Waals surface area contributed by atoms with Crippen molar-refractivity contribution >= 4 is 11.6 Å². The highest BCUT2D eigenvalue weighted by Crippen LogP contribution is 2.33. The fraction of sp³-hybridized carbons (Fsp3) is 0.400. The first-order valence-electron chi connectivity index (χ1n) is 8.71. The van der Waals surface area contributed by atoms with E-state index >= 15 is 0 Å². The van der Waals surface area contributed by atoms with Crippen LogP contribution in [0.15, 0.2) is 48.8 Å². The van der Waals surface area contributed by atoms with E-state index in [1.54, 1.807) is 0 Å². The van der Waals surface area contributed by atoms with Crippen LogP contribution < -0.4 is 4.90 Å². The number of aryl methyl sites for hydroxylation is 1. The lowest BCUT2D eigenvalue weighted by Gasteiger charge is -2.35. The summed E-state index contributed by atoms with van der Waals surface area (Å²) in [6, 6.07) is 12.0. The van der Waals surface area contributed by atoms with Crippen LogP contribution in [0.1, 0.15) is 22.3 Å². The van der Waals surface area contributed by atoms with E-state index in [1.807, 2.05) is 49.6 Å². The second-order valence-corrected chi connectivity index (χ2v) is 7.05. The van der Waals surface area contributed by atoms with E-state index in [9.17, 15) is 4.79 Å². The first kappa shape index (κ1) is 15.2. The van der Waals surface area contributed by atoms with E-state index in [0.717, 1.165) is 43.7 Å². The van der Waals surface area contributed by atoms with Crippen LogP contribution in [0.25, 0.3) is 0 Å². The standard InChI is InChI=1S/C20H23N3O/c1-15-4-2-5-16(10-15)20(24)23-12-17-7-9-22(13-18(17)14-23)19-6-3-8-21-11-19/h2-6,8,10-11,17-18H,7,9,12-14H2,1H3/t17-,18+/m0/s1. The van der Waals surface area contributed by atoms with Crippen molar-refractivity contribution in [3.05, 3.63) is 59.9 Å². The number of hydrogen-bond donors (Lipinski definition) is 0.